The Kier molecular flexibility index (Phi) is 7.65. The minimum absolute atomic E-state index is 0.0396. The molecule has 1 amide bonds. The number of carbonyl (C=O) groups excluding carboxylic acids is 1. The van der Waals surface area contributed by atoms with Gasteiger partial charge in [-0.3, -0.25) is 14.2 Å². The number of halogens is 3. The van der Waals surface area contributed by atoms with Crippen molar-refractivity contribution in [3.8, 4) is 0 Å². The molecule has 35 heavy (non-hydrogen) atoms. The lowest BCUT2D eigenvalue weighted by Crippen LogP contribution is -2.43. The molecule has 3 aromatic rings. The smallest absolute Gasteiger partial charge is 0.370 e. The molecule has 0 saturated carbocycles. The van der Waals surface area contributed by atoms with Crippen LogP contribution in [0.1, 0.15) is 42.9 Å². The summed E-state index contributed by atoms with van der Waals surface area (Å²) in [6.07, 6.45) is -5.62. The van der Waals surface area contributed by atoms with Gasteiger partial charge in [0, 0.05) is 13.0 Å². The summed E-state index contributed by atoms with van der Waals surface area (Å²) in [6, 6.07) is 7.37. The zero-order valence-corrected chi connectivity index (χ0v) is 19.8. The van der Waals surface area contributed by atoms with Crippen LogP contribution < -0.4 is 11.3 Å². The quantitative estimate of drug-likeness (QED) is 0.437. The second kappa shape index (κ2) is 10.2. The van der Waals surface area contributed by atoms with Crippen LogP contribution in [0, 0.1) is 6.92 Å². The van der Waals surface area contributed by atoms with Gasteiger partial charge < -0.3 is 10.3 Å². The molecule has 2 heterocycles. The Balaban J connectivity index is 2.24. The standard InChI is InChI=1S/C21H24F3N5O5S/c1-3-15(29(10-9-16(25)30)35(32,33)12-21(22,23)24)18-26-19-17(13(2)27-34-19)20(31)28(18)11-14-7-5-4-6-8-14/h4-8,15H,3,9-12H2,1-2H3,(H2,25,30). The number of nitrogens with zero attached hydrogens (tertiary/aromatic N) is 4. The summed E-state index contributed by atoms with van der Waals surface area (Å²) in [5.41, 5.74) is 5.31. The number of alkyl halides is 3. The van der Waals surface area contributed by atoms with Gasteiger partial charge in [0.2, 0.25) is 15.9 Å². The lowest BCUT2D eigenvalue weighted by atomic mass is 10.1. The van der Waals surface area contributed by atoms with Gasteiger partial charge in [0.1, 0.15) is 11.2 Å². The van der Waals surface area contributed by atoms with Crippen LogP contribution in [0.3, 0.4) is 0 Å². The summed E-state index contributed by atoms with van der Waals surface area (Å²) in [6.45, 7) is 2.40. The van der Waals surface area contributed by atoms with Crippen molar-refractivity contribution < 1.29 is 30.9 Å². The molecule has 0 bridgehead atoms. The Labute approximate surface area is 198 Å². The highest BCUT2D eigenvalue weighted by Gasteiger charge is 2.42. The largest absolute Gasteiger partial charge is 0.404 e. The van der Waals surface area contributed by atoms with E-state index in [4.69, 9.17) is 10.3 Å². The lowest BCUT2D eigenvalue weighted by molar-refractivity contribution is -0.118. The average molecular weight is 516 g/mol. The number of hydrogen-bond donors (Lipinski definition) is 1. The van der Waals surface area contributed by atoms with E-state index in [0.29, 0.717) is 9.87 Å². The van der Waals surface area contributed by atoms with E-state index in [1.165, 1.54) is 18.4 Å². The number of aryl methyl sites for hydroxylation is 1. The summed E-state index contributed by atoms with van der Waals surface area (Å²) >= 11 is 0. The molecule has 14 heteroatoms. The zero-order valence-electron chi connectivity index (χ0n) is 18.9. The molecule has 0 aliphatic heterocycles. The summed E-state index contributed by atoms with van der Waals surface area (Å²) in [7, 11) is -4.99. The first-order valence-electron chi connectivity index (χ1n) is 10.6. The SMILES string of the molecule is CCC(c1nc2onc(C)c2c(=O)n1Cc1ccccc1)N(CCC(N)=O)S(=O)(=O)CC(F)(F)F. The first kappa shape index (κ1) is 26.3. The highest BCUT2D eigenvalue weighted by Crippen LogP contribution is 2.30. The third kappa shape index (κ3) is 6.06. The van der Waals surface area contributed by atoms with Gasteiger partial charge in [-0.15, -0.1) is 0 Å². The van der Waals surface area contributed by atoms with E-state index in [1.54, 1.807) is 30.3 Å². The monoisotopic (exact) mass is 515 g/mol. The van der Waals surface area contributed by atoms with Gasteiger partial charge >= 0.3 is 6.18 Å². The first-order chi connectivity index (χ1) is 16.3. The lowest BCUT2D eigenvalue weighted by Gasteiger charge is -2.31. The van der Waals surface area contributed by atoms with Crippen molar-refractivity contribution >= 4 is 27.0 Å². The van der Waals surface area contributed by atoms with E-state index in [0.717, 1.165) is 0 Å². The van der Waals surface area contributed by atoms with E-state index < -0.39 is 52.4 Å². The molecule has 1 unspecified atom stereocenters. The van der Waals surface area contributed by atoms with Crippen LogP contribution in [0.25, 0.3) is 11.1 Å². The molecule has 0 aliphatic carbocycles. The normalized spacial score (nSPS) is 13.4. The number of nitrogens with two attached hydrogens (primary N) is 1. The van der Waals surface area contributed by atoms with E-state index in [1.807, 2.05) is 0 Å². The van der Waals surface area contributed by atoms with Gasteiger partial charge in [-0.05, 0) is 18.9 Å². The molecule has 0 saturated heterocycles. The van der Waals surface area contributed by atoms with Crippen molar-refractivity contribution in [2.45, 2.75) is 45.5 Å². The number of primary amides is 1. The predicted molar refractivity (Wildman–Crippen MR) is 120 cm³/mol. The van der Waals surface area contributed by atoms with Crippen molar-refractivity contribution in [1.29, 1.82) is 0 Å². The van der Waals surface area contributed by atoms with Crippen molar-refractivity contribution in [3.63, 3.8) is 0 Å². The number of rotatable bonds is 10. The maximum Gasteiger partial charge on any atom is 0.404 e. The van der Waals surface area contributed by atoms with Crippen LogP contribution in [-0.2, 0) is 21.4 Å². The zero-order chi connectivity index (χ0) is 26.0. The fourth-order valence-corrected chi connectivity index (χ4v) is 5.35. The third-order valence-corrected chi connectivity index (χ3v) is 7.14. The van der Waals surface area contributed by atoms with E-state index >= 15 is 0 Å². The summed E-state index contributed by atoms with van der Waals surface area (Å²) in [5.74, 6) is -3.19. The maximum absolute atomic E-state index is 13.4. The van der Waals surface area contributed by atoms with Crippen LogP contribution in [0.2, 0.25) is 0 Å². The second-order valence-electron chi connectivity index (χ2n) is 7.92. The molecule has 10 nitrogen and oxygen atoms in total. The minimum atomic E-state index is -5.04. The molecule has 1 atom stereocenters. The molecule has 0 spiro atoms. The molecular weight excluding hydrogens is 491 g/mol. The Morgan fingerprint density at radius 3 is 2.49 bits per heavy atom. The van der Waals surface area contributed by atoms with Gasteiger partial charge in [-0.25, -0.2) is 8.42 Å². The maximum atomic E-state index is 13.4. The number of amides is 1. The number of hydrogen-bond acceptors (Lipinski definition) is 7. The topological polar surface area (TPSA) is 141 Å². The molecule has 0 fully saturated rings. The van der Waals surface area contributed by atoms with Crippen molar-refractivity contribution in [2.24, 2.45) is 5.73 Å². The van der Waals surface area contributed by atoms with Crippen LogP contribution in [0.15, 0.2) is 39.6 Å². The van der Waals surface area contributed by atoms with E-state index in [9.17, 15) is 31.2 Å². The minimum Gasteiger partial charge on any atom is -0.370 e. The van der Waals surface area contributed by atoms with Crippen LogP contribution in [0.5, 0.6) is 0 Å². The first-order valence-corrected chi connectivity index (χ1v) is 12.2. The molecule has 190 valence electrons. The second-order valence-corrected chi connectivity index (χ2v) is 9.84. The summed E-state index contributed by atoms with van der Waals surface area (Å²) in [4.78, 5) is 29.1. The highest BCUT2D eigenvalue weighted by atomic mass is 32.2. The number of fused-ring (bicyclic) bond motifs is 1. The van der Waals surface area contributed by atoms with Gasteiger partial charge in [0.25, 0.3) is 11.3 Å². The Hall–Kier alpha value is -3.26. The number of aromatic nitrogens is 3. The third-order valence-electron chi connectivity index (χ3n) is 5.29. The fourth-order valence-electron chi connectivity index (χ4n) is 3.77. The van der Waals surface area contributed by atoms with Crippen molar-refractivity contribution in [3.05, 3.63) is 57.8 Å². The molecule has 0 aliphatic rings. The molecule has 0 radical (unpaired) electrons. The Morgan fingerprint density at radius 2 is 1.91 bits per heavy atom. The van der Waals surface area contributed by atoms with Crippen LogP contribution >= 0.6 is 0 Å². The Morgan fingerprint density at radius 1 is 1.26 bits per heavy atom. The van der Waals surface area contributed by atoms with Crippen LogP contribution in [0.4, 0.5) is 13.2 Å². The van der Waals surface area contributed by atoms with Crippen molar-refractivity contribution in [1.82, 2.24) is 19.0 Å². The average Bonchev–Trinajstić information content (AvgIpc) is 3.12. The molecule has 2 N–H and O–H groups in total. The molecule has 2 aromatic heterocycles. The van der Waals surface area contributed by atoms with Gasteiger partial charge in [0.15, 0.2) is 5.75 Å². The predicted octanol–water partition coefficient (Wildman–Crippen LogP) is 2.26. The van der Waals surface area contributed by atoms with Crippen LogP contribution in [-0.4, -0.2) is 51.8 Å². The van der Waals surface area contributed by atoms with Crippen molar-refractivity contribution in [2.75, 3.05) is 12.3 Å². The fraction of sp³-hybridized carbons (Fsp3) is 0.429. The van der Waals surface area contributed by atoms with E-state index in [-0.39, 0.29) is 35.6 Å². The summed E-state index contributed by atoms with van der Waals surface area (Å²) < 4.78 is 71.9. The molecular formula is C21H24F3N5O5S. The van der Waals surface area contributed by atoms with E-state index in [2.05, 4.69) is 10.1 Å². The molecule has 1 aromatic carbocycles. The number of benzene rings is 1. The van der Waals surface area contributed by atoms with Gasteiger partial charge in [-0.1, -0.05) is 42.4 Å². The number of carbonyl (C=O) groups is 1. The summed E-state index contributed by atoms with van der Waals surface area (Å²) in [5, 5.41) is 3.81. The van der Waals surface area contributed by atoms with Gasteiger partial charge in [0.05, 0.1) is 18.3 Å². The molecule has 3 rings (SSSR count). The Bertz CT molecular complexity index is 1370. The van der Waals surface area contributed by atoms with Gasteiger partial charge in [-0.2, -0.15) is 22.5 Å². The number of sulfonamides is 1. The highest BCUT2D eigenvalue weighted by molar-refractivity contribution is 7.89.